The van der Waals surface area contributed by atoms with Crippen molar-refractivity contribution in [1.82, 2.24) is 9.88 Å². The molecule has 0 aliphatic heterocycles. The van der Waals surface area contributed by atoms with Gasteiger partial charge < -0.3 is 10.2 Å². The van der Waals surface area contributed by atoms with Crippen molar-refractivity contribution in [3.05, 3.63) is 59.9 Å². The van der Waals surface area contributed by atoms with Crippen LogP contribution >= 0.6 is 0 Å². The van der Waals surface area contributed by atoms with Crippen LogP contribution in [-0.4, -0.2) is 28.2 Å². The van der Waals surface area contributed by atoms with Crippen molar-refractivity contribution in [3.8, 4) is 0 Å². The number of anilines is 1. The molecule has 5 nitrogen and oxygen atoms in total. The Bertz CT molecular complexity index is 734. The third kappa shape index (κ3) is 5.99. The number of hydrogen-bond donors (Lipinski definition) is 1. The predicted octanol–water partition coefficient (Wildman–Crippen LogP) is 3.76. The van der Waals surface area contributed by atoms with Gasteiger partial charge in [0.2, 0.25) is 11.8 Å². The van der Waals surface area contributed by atoms with Gasteiger partial charge in [0.15, 0.2) is 0 Å². The summed E-state index contributed by atoms with van der Waals surface area (Å²) in [4.78, 5) is 29.9. The third-order valence-corrected chi connectivity index (χ3v) is 4.17. The highest BCUT2D eigenvalue weighted by Crippen LogP contribution is 2.23. The summed E-state index contributed by atoms with van der Waals surface area (Å²) in [6.45, 7) is 8.73. The Hall–Kier alpha value is -2.69. The smallest absolute Gasteiger partial charge is 0.226 e. The number of benzene rings is 1. The maximum absolute atomic E-state index is 12.2. The number of carbonyl (C=O) groups is 2. The highest BCUT2D eigenvalue weighted by molar-refractivity contribution is 5.91. The van der Waals surface area contributed by atoms with E-state index < -0.39 is 0 Å². The molecule has 0 fully saturated rings. The van der Waals surface area contributed by atoms with Crippen molar-refractivity contribution in [3.63, 3.8) is 0 Å². The Morgan fingerprint density at radius 1 is 1.08 bits per heavy atom. The Morgan fingerprint density at radius 3 is 2.31 bits per heavy atom. The summed E-state index contributed by atoms with van der Waals surface area (Å²) in [6, 6.07) is 13.5. The first-order valence-corrected chi connectivity index (χ1v) is 8.81. The second-order valence-corrected chi connectivity index (χ2v) is 7.39. The molecule has 2 aromatic rings. The number of amides is 2. The van der Waals surface area contributed by atoms with Crippen LogP contribution in [0.1, 0.15) is 45.4 Å². The van der Waals surface area contributed by atoms with Gasteiger partial charge in [0, 0.05) is 31.8 Å². The van der Waals surface area contributed by atoms with Crippen molar-refractivity contribution in [2.45, 2.75) is 46.1 Å². The molecule has 26 heavy (non-hydrogen) atoms. The maximum atomic E-state index is 12.2. The molecule has 0 aliphatic rings. The lowest BCUT2D eigenvalue weighted by molar-refractivity contribution is -0.130. The minimum absolute atomic E-state index is 0.0713. The topological polar surface area (TPSA) is 62.3 Å². The van der Waals surface area contributed by atoms with Crippen molar-refractivity contribution in [2.24, 2.45) is 0 Å². The van der Waals surface area contributed by atoms with E-state index in [1.54, 1.807) is 11.1 Å². The fraction of sp³-hybridized carbons (Fsp3) is 0.381. The van der Waals surface area contributed by atoms with Crippen LogP contribution in [0.2, 0.25) is 0 Å². The SMILES string of the molecule is CC(=O)N(CCC(=O)Nc1ccc(C(C)(C)C)cc1)Cc1ccccn1. The lowest BCUT2D eigenvalue weighted by atomic mass is 9.87. The quantitative estimate of drug-likeness (QED) is 0.860. The Balaban J connectivity index is 1.89. The van der Waals surface area contributed by atoms with E-state index in [1.807, 2.05) is 42.5 Å². The number of nitrogens with zero attached hydrogens (tertiary/aromatic N) is 2. The van der Waals surface area contributed by atoms with Gasteiger partial charge in [-0.2, -0.15) is 0 Å². The summed E-state index contributed by atoms with van der Waals surface area (Å²) in [7, 11) is 0. The van der Waals surface area contributed by atoms with Crippen LogP contribution in [0.25, 0.3) is 0 Å². The van der Waals surface area contributed by atoms with Crippen molar-refractivity contribution in [1.29, 1.82) is 0 Å². The van der Waals surface area contributed by atoms with Crippen molar-refractivity contribution in [2.75, 3.05) is 11.9 Å². The molecule has 0 bridgehead atoms. The number of pyridine rings is 1. The summed E-state index contributed by atoms with van der Waals surface area (Å²) >= 11 is 0. The molecule has 1 N–H and O–H groups in total. The summed E-state index contributed by atoms with van der Waals surface area (Å²) in [5.41, 5.74) is 2.87. The zero-order valence-corrected chi connectivity index (χ0v) is 16.0. The van der Waals surface area contributed by atoms with E-state index in [-0.39, 0.29) is 23.7 Å². The molecule has 0 aliphatic carbocycles. The molecule has 1 heterocycles. The molecule has 0 unspecified atom stereocenters. The van der Waals surface area contributed by atoms with Gasteiger partial charge in [-0.3, -0.25) is 14.6 Å². The van der Waals surface area contributed by atoms with Crippen LogP contribution in [0.15, 0.2) is 48.7 Å². The first-order chi connectivity index (χ1) is 12.3. The lowest BCUT2D eigenvalue weighted by Crippen LogP contribution is -2.31. The number of carbonyl (C=O) groups excluding carboxylic acids is 2. The first kappa shape index (κ1) is 19.6. The summed E-state index contributed by atoms with van der Waals surface area (Å²) in [5, 5.41) is 2.89. The van der Waals surface area contributed by atoms with Gasteiger partial charge in [0.25, 0.3) is 0 Å². The normalized spacial score (nSPS) is 11.1. The van der Waals surface area contributed by atoms with Crippen LogP contribution in [0.4, 0.5) is 5.69 Å². The average molecular weight is 353 g/mol. The molecule has 0 saturated carbocycles. The molecule has 2 amide bonds. The van der Waals surface area contributed by atoms with E-state index in [0.29, 0.717) is 13.1 Å². The zero-order valence-electron chi connectivity index (χ0n) is 16.0. The van der Waals surface area contributed by atoms with Crippen LogP contribution in [-0.2, 0) is 21.5 Å². The van der Waals surface area contributed by atoms with Crippen LogP contribution in [0.5, 0.6) is 0 Å². The van der Waals surface area contributed by atoms with Gasteiger partial charge in [-0.15, -0.1) is 0 Å². The van der Waals surface area contributed by atoms with E-state index in [0.717, 1.165) is 11.4 Å². The van der Waals surface area contributed by atoms with E-state index >= 15 is 0 Å². The van der Waals surface area contributed by atoms with Crippen molar-refractivity contribution >= 4 is 17.5 Å². The maximum Gasteiger partial charge on any atom is 0.226 e. The fourth-order valence-corrected chi connectivity index (χ4v) is 2.55. The summed E-state index contributed by atoms with van der Waals surface area (Å²) in [6.07, 6.45) is 1.94. The average Bonchev–Trinajstić information content (AvgIpc) is 2.59. The monoisotopic (exact) mass is 353 g/mol. The van der Waals surface area contributed by atoms with Crippen LogP contribution in [0, 0.1) is 0 Å². The van der Waals surface area contributed by atoms with E-state index in [4.69, 9.17) is 0 Å². The number of rotatable bonds is 6. The van der Waals surface area contributed by atoms with Gasteiger partial charge >= 0.3 is 0 Å². The molecular weight excluding hydrogens is 326 g/mol. The summed E-state index contributed by atoms with van der Waals surface area (Å²) < 4.78 is 0. The summed E-state index contributed by atoms with van der Waals surface area (Å²) in [5.74, 6) is -0.182. The molecule has 0 saturated heterocycles. The number of hydrogen-bond acceptors (Lipinski definition) is 3. The van der Waals surface area contributed by atoms with E-state index in [1.165, 1.54) is 12.5 Å². The van der Waals surface area contributed by atoms with Gasteiger partial charge in [-0.25, -0.2) is 0 Å². The van der Waals surface area contributed by atoms with Crippen LogP contribution in [0.3, 0.4) is 0 Å². The minimum atomic E-state index is -0.110. The van der Waals surface area contributed by atoms with Gasteiger partial charge in [-0.1, -0.05) is 39.0 Å². The Kier molecular flexibility index (Phi) is 6.50. The minimum Gasteiger partial charge on any atom is -0.337 e. The van der Waals surface area contributed by atoms with Gasteiger partial charge in [0.1, 0.15) is 0 Å². The molecule has 1 aromatic heterocycles. The molecule has 0 spiro atoms. The standard InChI is InChI=1S/C21H27N3O2/c1-16(25)24(15-19-7-5-6-13-22-19)14-12-20(26)23-18-10-8-17(9-11-18)21(2,3)4/h5-11,13H,12,14-15H2,1-4H3,(H,23,26). The lowest BCUT2D eigenvalue weighted by Gasteiger charge is -2.21. The third-order valence-electron chi connectivity index (χ3n) is 4.17. The molecule has 5 heteroatoms. The van der Waals surface area contributed by atoms with E-state index in [2.05, 4.69) is 31.1 Å². The van der Waals surface area contributed by atoms with E-state index in [9.17, 15) is 9.59 Å². The highest BCUT2D eigenvalue weighted by Gasteiger charge is 2.14. The van der Waals surface area contributed by atoms with Gasteiger partial charge in [-0.05, 0) is 35.2 Å². The number of nitrogens with one attached hydrogen (secondary N) is 1. The zero-order chi connectivity index (χ0) is 19.2. The predicted molar refractivity (Wildman–Crippen MR) is 104 cm³/mol. The molecular formula is C21H27N3O2. The molecule has 138 valence electrons. The molecule has 0 atom stereocenters. The second-order valence-electron chi connectivity index (χ2n) is 7.39. The van der Waals surface area contributed by atoms with Crippen LogP contribution < -0.4 is 5.32 Å². The number of aromatic nitrogens is 1. The molecule has 2 rings (SSSR count). The second kappa shape index (κ2) is 8.61. The highest BCUT2D eigenvalue weighted by atomic mass is 16.2. The van der Waals surface area contributed by atoms with Crippen molar-refractivity contribution < 1.29 is 9.59 Å². The largest absolute Gasteiger partial charge is 0.337 e. The Morgan fingerprint density at radius 2 is 1.77 bits per heavy atom. The first-order valence-electron chi connectivity index (χ1n) is 8.81. The molecule has 1 aromatic carbocycles. The van der Waals surface area contributed by atoms with Gasteiger partial charge in [0.05, 0.1) is 12.2 Å². The molecule has 0 radical (unpaired) electrons. The fourth-order valence-electron chi connectivity index (χ4n) is 2.55. The Labute approximate surface area is 155 Å².